The van der Waals surface area contributed by atoms with Crippen LogP contribution in [-0.2, 0) is 4.79 Å². The molecule has 7 nitrogen and oxygen atoms in total. The highest BCUT2D eigenvalue weighted by Crippen LogP contribution is 2.27. The van der Waals surface area contributed by atoms with Gasteiger partial charge in [0, 0.05) is 6.07 Å². The lowest BCUT2D eigenvalue weighted by molar-refractivity contribution is -0.385. The van der Waals surface area contributed by atoms with Gasteiger partial charge in [0.05, 0.1) is 15.6 Å². The van der Waals surface area contributed by atoms with E-state index < -0.39 is 22.3 Å². The van der Waals surface area contributed by atoms with E-state index in [2.05, 4.69) is 5.32 Å². The molecule has 0 radical (unpaired) electrons. The Balaban J connectivity index is 2.31. The molecule has 0 aliphatic rings. The molecule has 0 spiro atoms. The average molecular weight is 344 g/mol. The molecule has 2 rings (SSSR count). The lowest BCUT2D eigenvalue weighted by Gasteiger charge is -2.06. The van der Waals surface area contributed by atoms with E-state index >= 15 is 0 Å². The Hall–Kier alpha value is -3.37. The number of nitro groups is 1. The quantitative estimate of drug-likeness (QED) is 0.381. The van der Waals surface area contributed by atoms with Crippen molar-refractivity contribution in [3.05, 3.63) is 68.7 Å². The summed E-state index contributed by atoms with van der Waals surface area (Å²) in [5.41, 5.74) is -0.227. The Kier molecular flexibility index (Phi) is 5.14. The predicted octanol–water partition coefficient (Wildman–Crippen LogP) is 3.50. The normalized spacial score (nSPS) is 10.8. The summed E-state index contributed by atoms with van der Waals surface area (Å²) in [6.45, 7) is 0. The number of para-hydroxylation sites is 1. The fraction of sp³-hybridized carbons (Fsp3) is 0. The summed E-state index contributed by atoms with van der Waals surface area (Å²) < 4.78 is 0. The summed E-state index contributed by atoms with van der Waals surface area (Å²) in [6, 6.07) is 11.8. The third-order valence-electron chi connectivity index (χ3n) is 2.99. The number of amides is 1. The van der Waals surface area contributed by atoms with Crippen LogP contribution in [0.15, 0.2) is 48.0 Å². The van der Waals surface area contributed by atoms with Crippen molar-refractivity contribution in [2.75, 3.05) is 5.32 Å². The zero-order valence-electron chi connectivity index (χ0n) is 12.1. The van der Waals surface area contributed by atoms with Crippen molar-refractivity contribution >= 4 is 35.0 Å². The topological polar surface area (TPSA) is 116 Å². The van der Waals surface area contributed by atoms with Gasteiger partial charge in [-0.05, 0) is 29.8 Å². The van der Waals surface area contributed by atoms with Gasteiger partial charge < -0.3 is 10.4 Å². The zero-order chi connectivity index (χ0) is 17.7. The number of nitrogens with zero attached hydrogens (tertiary/aromatic N) is 2. The minimum Gasteiger partial charge on any atom is -0.502 e. The Morgan fingerprint density at radius 1 is 1.33 bits per heavy atom. The molecule has 8 heteroatoms. The van der Waals surface area contributed by atoms with Crippen LogP contribution in [0, 0.1) is 21.4 Å². The molecule has 0 heterocycles. The molecule has 0 bridgehead atoms. The van der Waals surface area contributed by atoms with Gasteiger partial charge >= 0.3 is 5.69 Å². The van der Waals surface area contributed by atoms with Crippen LogP contribution in [0.2, 0.25) is 5.02 Å². The number of phenolic OH excluding ortho intramolecular Hbond substituents is 1. The molecule has 0 aromatic heterocycles. The van der Waals surface area contributed by atoms with E-state index in [0.29, 0.717) is 10.7 Å². The first-order valence-corrected chi connectivity index (χ1v) is 6.95. The van der Waals surface area contributed by atoms with E-state index in [4.69, 9.17) is 16.9 Å². The maximum atomic E-state index is 12.1. The number of benzene rings is 2. The van der Waals surface area contributed by atoms with Gasteiger partial charge in [-0.3, -0.25) is 14.9 Å². The predicted molar refractivity (Wildman–Crippen MR) is 88.4 cm³/mol. The highest BCUT2D eigenvalue weighted by Gasteiger charge is 2.15. The standard InChI is InChI=1S/C16H10ClN3O4/c17-12-3-1-2-4-13(12)19-16(22)11(9-18)7-10-5-6-15(21)14(8-10)20(23)24/h1-8,21H,(H,19,22)/b11-7-. The van der Waals surface area contributed by atoms with Crippen LogP contribution < -0.4 is 5.32 Å². The summed E-state index contributed by atoms with van der Waals surface area (Å²) in [7, 11) is 0. The SMILES string of the molecule is N#C/C(=C/c1ccc(O)c([N+](=O)[O-])c1)C(=O)Nc1ccccc1Cl. The van der Waals surface area contributed by atoms with Crippen molar-refractivity contribution in [3.8, 4) is 11.8 Å². The highest BCUT2D eigenvalue weighted by atomic mass is 35.5. The van der Waals surface area contributed by atoms with Gasteiger partial charge in [-0.25, -0.2) is 0 Å². The molecule has 120 valence electrons. The number of rotatable bonds is 4. The van der Waals surface area contributed by atoms with Crippen molar-refractivity contribution in [1.29, 1.82) is 5.26 Å². The molecule has 2 aromatic carbocycles. The van der Waals surface area contributed by atoms with Crippen LogP contribution in [-0.4, -0.2) is 15.9 Å². The van der Waals surface area contributed by atoms with E-state index in [1.165, 1.54) is 12.1 Å². The lowest BCUT2D eigenvalue weighted by Crippen LogP contribution is -2.13. The first-order chi connectivity index (χ1) is 11.4. The number of nitrogens with one attached hydrogen (secondary N) is 1. The summed E-state index contributed by atoms with van der Waals surface area (Å²) in [5, 5.41) is 32.2. The Morgan fingerprint density at radius 3 is 2.67 bits per heavy atom. The molecule has 0 unspecified atom stereocenters. The minimum absolute atomic E-state index is 0.227. The van der Waals surface area contributed by atoms with Gasteiger partial charge in [0.15, 0.2) is 5.75 Å². The largest absolute Gasteiger partial charge is 0.502 e. The van der Waals surface area contributed by atoms with Gasteiger partial charge in [-0.1, -0.05) is 29.8 Å². The highest BCUT2D eigenvalue weighted by molar-refractivity contribution is 6.34. The molecular weight excluding hydrogens is 334 g/mol. The number of nitriles is 1. The molecule has 0 aliphatic heterocycles. The number of carbonyl (C=O) groups excluding carboxylic acids is 1. The number of anilines is 1. The number of phenols is 1. The second-order valence-corrected chi connectivity index (χ2v) is 5.02. The molecule has 2 aromatic rings. The summed E-state index contributed by atoms with van der Waals surface area (Å²) in [6.07, 6.45) is 1.18. The van der Waals surface area contributed by atoms with Crippen LogP contribution in [0.25, 0.3) is 6.08 Å². The molecule has 2 N–H and O–H groups in total. The van der Waals surface area contributed by atoms with Crippen molar-refractivity contribution in [2.45, 2.75) is 0 Å². The fourth-order valence-electron chi connectivity index (χ4n) is 1.84. The van der Waals surface area contributed by atoms with Crippen LogP contribution >= 0.6 is 11.6 Å². The number of hydrogen-bond donors (Lipinski definition) is 2. The van der Waals surface area contributed by atoms with Crippen LogP contribution in [0.3, 0.4) is 0 Å². The molecule has 0 saturated carbocycles. The second-order valence-electron chi connectivity index (χ2n) is 4.61. The molecular formula is C16H10ClN3O4. The van der Waals surface area contributed by atoms with Gasteiger partial charge in [0.1, 0.15) is 11.6 Å². The van der Waals surface area contributed by atoms with Crippen LogP contribution in [0.4, 0.5) is 11.4 Å². The molecule has 0 saturated heterocycles. The number of carbonyl (C=O) groups is 1. The van der Waals surface area contributed by atoms with E-state index in [1.807, 2.05) is 0 Å². The van der Waals surface area contributed by atoms with Crippen LogP contribution in [0.5, 0.6) is 5.75 Å². The lowest BCUT2D eigenvalue weighted by atomic mass is 10.1. The van der Waals surface area contributed by atoms with E-state index in [-0.39, 0.29) is 11.1 Å². The third-order valence-corrected chi connectivity index (χ3v) is 3.32. The number of nitro benzene ring substituents is 1. The van der Waals surface area contributed by atoms with Gasteiger partial charge in [-0.2, -0.15) is 5.26 Å². The Morgan fingerprint density at radius 2 is 2.04 bits per heavy atom. The minimum atomic E-state index is -0.761. The zero-order valence-corrected chi connectivity index (χ0v) is 12.8. The number of hydrogen-bond acceptors (Lipinski definition) is 5. The van der Waals surface area contributed by atoms with Crippen molar-refractivity contribution in [1.82, 2.24) is 0 Å². The van der Waals surface area contributed by atoms with E-state index in [1.54, 1.807) is 30.3 Å². The number of aromatic hydroxyl groups is 1. The maximum absolute atomic E-state index is 12.1. The molecule has 0 aliphatic carbocycles. The van der Waals surface area contributed by atoms with Crippen molar-refractivity contribution in [2.24, 2.45) is 0 Å². The Labute approximate surface area is 141 Å². The summed E-state index contributed by atoms with van der Waals surface area (Å²) >= 11 is 5.93. The van der Waals surface area contributed by atoms with Gasteiger partial charge in [0.25, 0.3) is 5.91 Å². The Bertz CT molecular complexity index is 887. The summed E-state index contributed by atoms with van der Waals surface area (Å²) in [4.78, 5) is 22.2. The van der Waals surface area contributed by atoms with Crippen molar-refractivity contribution in [3.63, 3.8) is 0 Å². The molecule has 0 fully saturated rings. The maximum Gasteiger partial charge on any atom is 0.311 e. The van der Waals surface area contributed by atoms with Gasteiger partial charge in [-0.15, -0.1) is 0 Å². The summed E-state index contributed by atoms with van der Waals surface area (Å²) in [5.74, 6) is -1.21. The van der Waals surface area contributed by atoms with Gasteiger partial charge in [0.2, 0.25) is 0 Å². The second kappa shape index (κ2) is 7.26. The van der Waals surface area contributed by atoms with E-state index in [9.17, 15) is 20.0 Å². The van der Waals surface area contributed by atoms with Crippen molar-refractivity contribution < 1.29 is 14.8 Å². The molecule has 24 heavy (non-hydrogen) atoms. The average Bonchev–Trinajstić information content (AvgIpc) is 2.55. The fourth-order valence-corrected chi connectivity index (χ4v) is 2.03. The molecule has 0 atom stereocenters. The monoisotopic (exact) mass is 343 g/mol. The molecule has 1 amide bonds. The first kappa shape index (κ1) is 17.0. The first-order valence-electron chi connectivity index (χ1n) is 6.57. The van der Waals surface area contributed by atoms with E-state index in [0.717, 1.165) is 12.1 Å². The van der Waals surface area contributed by atoms with Crippen LogP contribution in [0.1, 0.15) is 5.56 Å². The smallest absolute Gasteiger partial charge is 0.311 e. The number of halogens is 1. The third kappa shape index (κ3) is 3.88.